The second-order valence-corrected chi connectivity index (χ2v) is 4.34. The van der Waals surface area contributed by atoms with Crippen LogP contribution in [-0.2, 0) is 18.2 Å². The molecule has 0 spiro atoms. The maximum absolute atomic E-state index is 5.82. The van der Waals surface area contributed by atoms with Gasteiger partial charge in [-0.25, -0.2) is 0 Å². The van der Waals surface area contributed by atoms with Crippen molar-refractivity contribution in [2.75, 3.05) is 6.61 Å². The molecule has 2 unspecified atom stereocenters. The fourth-order valence-corrected chi connectivity index (χ4v) is 2.07. The lowest BCUT2D eigenvalue weighted by Gasteiger charge is -2.10. The van der Waals surface area contributed by atoms with Crippen molar-refractivity contribution < 1.29 is 4.74 Å². The van der Waals surface area contributed by atoms with Gasteiger partial charge in [-0.2, -0.15) is 5.10 Å². The molecule has 0 aromatic carbocycles. The minimum absolute atomic E-state index is 0.355. The monoisotopic (exact) mass is 209 g/mol. The Bertz CT molecular complexity index is 311. The largest absolute Gasteiger partial charge is 0.378 e. The van der Waals surface area contributed by atoms with Gasteiger partial charge in [0.25, 0.3) is 0 Å². The maximum Gasteiger partial charge on any atom is 0.0590 e. The van der Waals surface area contributed by atoms with Gasteiger partial charge in [0.2, 0.25) is 0 Å². The molecule has 1 heterocycles. The highest BCUT2D eigenvalue weighted by Crippen LogP contribution is 2.20. The summed E-state index contributed by atoms with van der Waals surface area (Å²) in [6, 6.07) is 0.355. The maximum atomic E-state index is 5.82. The third-order valence-electron chi connectivity index (χ3n) is 2.93. The Hall–Kier alpha value is -0.870. The summed E-state index contributed by atoms with van der Waals surface area (Å²) in [4.78, 5) is 0. The van der Waals surface area contributed by atoms with E-state index in [4.69, 9.17) is 10.5 Å². The van der Waals surface area contributed by atoms with Crippen LogP contribution in [0.15, 0.2) is 12.4 Å². The summed E-state index contributed by atoms with van der Waals surface area (Å²) in [6.45, 7) is 0.781. The van der Waals surface area contributed by atoms with Gasteiger partial charge in [0.1, 0.15) is 0 Å². The highest BCUT2D eigenvalue weighted by atomic mass is 16.5. The van der Waals surface area contributed by atoms with E-state index in [9.17, 15) is 0 Å². The molecule has 1 aliphatic carbocycles. The molecular formula is C11H19N3O. The molecule has 2 rings (SSSR count). The zero-order valence-corrected chi connectivity index (χ0v) is 9.22. The van der Waals surface area contributed by atoms with Gasteiger partial charge in [-0.05, 0) is 31.2 Å². The predicted molar refractivity (Wildman–Crippen MR) is 58.5 cm³/mol. The summed E-state index contributed by atoms with van der Waals surface area (Å²) >= 11 is 0. The highest BCUT2D eigenvalue weighted by molar-refractivity contribution is 5.03. The number of aryl methyl sites for hydroxylation is 1. The van der Waals surface area contributed by atoms with E-state index in [0.29, 0.717) is 12.1 Å². The van der Waals surface area contributed by atoms with Crippen LogP contribution in [0.4, 0.5) is 0 Å². The van der Waals surface area contributed by atoms with Gasteiger partial charge in [-0.1, -0.05) is 0 Å². The Morgan fingerprint density at radius 2 is 2.47 bits per heavy atom. The lowest BCUT2D eigenvalue weighted by atomic mass is 10.2. The zero-order chi connectivity index (χ0) is 10.7. The Labute approximate surface area is 90.4 Å². The second kappa shape index (κ2) is 4.77. The van der Waals surface area contributed by atoms with Crippen LogP contribution in [0.2, 0.25) is 0 Å². The molecule has 15 heavy (non-hydrogen) atoms. The Morgan fingerprint density at radius 1 is 1.60 bits per heavy atom. The number of nitrogens with two attached hydrogens (primary N) is 1. The first-order chi connectivity index (χ1) is 7.24. The van der Waals surface area contributed by atoms with Crippen LogP contribution in [0.25, 0.3) is 0 Å². The van der Waals surface area contributed by atoms with Crippen molar-refractivity contribution in [3.05, 3.63) is 18.0 Å². The van der Waals surface area contributed by atoms with E-state index in [-0.39, 0.29) is 0 Å². The van der Waals surface area contributed by atoms with Crippen LogP contribution < -0.4 is 5.73 Å². The molecule has 2 atom stereocenters. The third-order valence-corrected chi connectivity index (χ3v) is 2.93. The van der Waals surface area contributed by atoms with E-state index in [2.05, 4.69) is 5.10 Å². The van der Waals surface area contributed by atoms with E-state index in [0.717, 1.165) is 32.3 Å². The predicted octanol–water partition coefficient (Wildman–Crippen LogP) is 0.859. The molecule has 1 saturated carbocycles. The first kappa shape index (κ1) is 10.6. The van der Waals surface area contributed by atoms with Crippen molar-refractivity contribution in [1.82, 2.24) is 9.78 Å². The average Bonchev–Trinajstić information content (AvgIpc) is 2.76. The summed E-state index contributed by atoms with van der Waals surface area (Å²) < 4.78 is 7.59. The number of hydrogen-bond donors (Lipinski definition) is 1. The minimum atomic E-state index is 0.355. The Kier molecular flexibility index (Phi) is 3.38. The van der Waals surface area contributed by atoms with Crippen molar-refractivity contribution in [3.63, 3.8) is 0 Å². The molecule has 0 bridgehead atoms. The quantitative estimate of drug-likeness (QED) is 0.800. The third kappa shape index (κ3) is 3.04. The van der Waals surface area contributed by atoms with Crippen molar-refractivity contribution in [2.45, 2.75) is 37.8 Å². The lowest BCUT2D eigenvalue weighted by molar-refractivity contribution is 0.0598. The Morgan fingerprint density at radius 3 is 3.07 bits per heavy atom. The van der Waals surface area contributed by atoms with E-state index in [1.54, 1.807) is 0 Å². The standard InChI is InChI=1S/C11H19N3O/c1-14-8-9(7-13-14)4-5-15-11-3-2-10(12)6-11/h7-8,10-11H,2-6,12H2,1H3. The molecule has 0 saturated heterocycles. The Balaban J connectivity index is 1.67. The number of aromatic nitrogens is 2. The number of rotatable bonds is 4. The molecule has 1 aromatic rings. The molecule has 0 amide bonds. The summed E-state index contributed by atoms with van der Waals surface area (Å²) in [5.41, 5.74) is 7.05. The molecule has 1 fully saturated rings. The van der Waals surface area contributed by atoms with Crippen molar-refractivity contribution >= 4 is 0 Å². The fraction of sp³-hybridized carbons (Fsp3) is 0.727. The van der Waals surface area contributed by atoms with Gasteiger partial charge < -0.3 is 10.5 Å². The average molecular weight is 209 g/mol. The first-order valence-electron chi connectivity index (χ1n) is 5.59. The number of hydrogen-bond acceptors (Lipinski definition) is 3. The SMILES string of the molecule is Cn1cc(CCOC2CCC(N)C2)cn1. The smallest absolute Gasteiger partial charge is 0.0590 e. The van der Waals surface area contributed by atoms with Crippen LogP contribution in [-0.4, -0.2) is 28.5 Å². The van der Waals surface area contributed by atoms with Crippen molar-refractivity contribution in [3.8, 4) is 0 Å². The fourth-order valence-electron chi connectivity index (χ4n) is 2.07. The van der Waals surface area contributed by atoms with Crippen molar-refractivity contribution in [2.24, 2.45) is 12.8 Å². The van der Waals surface area contributed by atoms with Crippen LogP contribution in [0.5, 0.6) is 0 Å². The molecule has 0 radical (unpaired) electrons. The van der Waals surface area contributed by atoms with Gasteiger partial charge >= 0.3 is 0 Å². The molecule has 4 nitrogen and oxygen atoms in total. The van der Waals surface area contributed by atoms with E-state index >= 15 is 0 Å². The summed E-state index contributed by atoms with van der Waals surface area (Å²) in [7, 11) is 1.93. The van der Waals surface area contributed by atoms with Crippen LogP contribution in [0.3, 0.4) is 0 Å². The second-order valence-electron chi connectivity index (χ2n) is 4.34. The molecular weight excluding hydrogens is 190 g/mol. The molecule has 1 aromatic heterocycles. The van der Waals surface area contributed by atoms with Crippen LogP contribution >= 0.6 is 0 Å². The minimum Gasteiger partial charge on any atom is -0.378 e. The number of ether oxygens (including phenoxy) is 1. The van der Waals surface area contributed by atoms with Gasteiger partial charge in [0.15, 0.2) is 0 Å². The topological polar surface area (TPSA) is 53.1 Å². The molecule has 84 valence electrons. The van der Waals surface area contributed by atoms with E-state index in [1.807, 2.05) is 24.1 Å². The van der Waals surface area contributed by atoms with Gasteiger partial charge in [-0.3, -0.25) is 4.68 Å². The van der Waals surface area contributed by atoms with Crippen LogP contribution in [0.1, 0.15) is 24.8 Å². The highest BCUT2D eigenvalue weighted by Gasteiger charge is 2.21. The summed E-state index contributed by atoms with van der Waals surface area (Å²) in [6.07, 6.45) is 8.50. The molecule has 0 aliphatic heterocycles. The zero-order valence-electron chi connectivity index (χ0n) is 9.22. The van der Waals surface area contributed by atoms with Gasteiger partial charge in [0.05, 0.1) is 18.9 Å². The summed E-state index contributed by atoms with van der Waals surface area (Å²) in [5.74, 6) is 0. The number of nitrogens with zero attached hydrogens (tertiary/aromatic N) is 2. The normalized spacial score (nSPS) is 26.0. The lowest BCUT2D eigenvalue weighted by Crippen LogP contribution is -2.18. The van der Waals surface area contributed by atoms with Gasteiger partial charge in [-0.15, -0.1) is 0 Å². The molecule has 2 N–H and O–H groups in total. The molecule has 4 heteroatoms. The first-order valence-corrected chi connectivity index (χ1v) is 5.59. The van der Waals surface area contributed by atoms with E-state index in [1.165, 1.54) is 5.56 Å². The van der Waals surface area contributed by atoms with Crippen LogP contribution in [0, 0.1) is 0 Å². The summed E-state index contributed by atoms with van der Waals surface area (Å²) in [5, 5.41) is 4.12. The van der Waals surface area contributed by atoms with Gasteiger partial charge in [0, 0.05) is 19.3 Å². The van der Waals surface area contributed by atoms with E-state index < -0.39 is 0 Å². The van der Waals surface area contributed by atoms with Crippen molar-refractivity contribution in [1.29, 1.82) is 0 Å². The molecule has 1 aliphatic rings.